The van der Waals surface area contributed by atoms with Crippen molar-refractivity contribution in [3.63, 3.8) is 0 Å². The summed E-state index contributed by atoms with van der Waals surface area (Å²) in [6, 6.07) is 3.97. The summed E-state index contributed by atoms with van der Waals surface area (Å²) < 4.78 is 1.83. The van der Waals surface area contributed by atoms with Crippen LogP contribution in [-0.2, 0) is 13.0 Å². The number of benzene rings is 1. The van der Waals surface area contributed by atoms with Gasteiger partial charge in [0.05, 0.1) is 12.2 Å². The Morgan fingerprint density at radius 1 is 1.23 bits per heavy atom. The maximum absolute atomic E-state index is 12.8. The van der Waals surface area contributed by atoms with Gasteiger partial charge in [0.15, 0.2) is 5.69 Å². The predicted molar refractivity (Wildman–Crippen MR) is 103 cm³/mol. The lowest BCUT2D eigenvalue weighted by Crippen LogP contribution is -2.36. The van der Waals surface area contributed by atoms with Gasteiger partial charge in [0.25, 0.3) is 5.91 Å². The third-order valence-corrected chi connectivity index (χ3v) is 5.51. The second kappa shape index (κ2) is 8.13. The second-order valence-electron chi connectivity index (χ2n) is 6.57. The fourth-order valence-electron chi connectivity index (χ4n) is 3.54. The van der Waals surface area contributed by atoms with Crippen molar-refractivity contribution >= 4 is 41.5 Å². The maximum Gasteiger partial charge on any atom is 0.276 e. The highest BCUT2D eigenvalue weighted by molar-refractivity contribution is 6.35. The van der Waals surface area contributed by atoms with Crippen LogP contribution in [0.25, 0.3) is 0 Å². The maximum atomic E-state index is 12.8. The Labute approximate surface area is 168 Å². The molecule has 0 saturated carbocycles. The number of nitrogens with one attached hydrogen (secondary N) is 1. The smallest absolute Gasteiger partial charge is 0.276 e. The Bertz CT molecular complexity index is 804. The quantitative estimate of drug-likeness (QED) is 0.817. The monoisotopic (exact) mass is 415 g/mol. The number of amides is 1. The molecule has 3 heterocycles. The van der Waals surface area contributed by atoms with Crippen molar-refractivity contribution in [1.29, 1.82) is 0 Å². The molecule has 2 aromatic rings. The molecule has 0 bridgehead atoms. The van der Waals surface area contributed by atoms with Crippen LogP contribution in [0.1, 0.15) is 40.5 Å². The van der Waals surface area contributed by atoms with Gasteiger partial charge in [0.1, 0.15) is 0 Å². The summed E-state index contributed by atoms with van der Waals surface area (Å²) >= 11 is 12.4. The normalized spacial score (nSPS) is 17.5. The molecule has 0 radical (unpaired) electrons. The number of aromatic nitrogens is 3. The lowest BCUT2D eigenvalue weighted by Gasteiger charge is -2.29. The number of nitrogens with zero attached hydrogens (tertiary/aromatic N) is 4. The van der Waals surface area contributed by atoms with Crippen molar-refractivity contribution in [2.45, 2.75) is 31.8 Å². The number of hydrogen-bond acceptors (Lipinski definition) is 4. The minimum Gasteiger partial charge on any atom is -0.332 e. The van der Waals surface area contributed by atoms with Crippen LogP contribution in [0.2, 0.25) is 10.0 Å². The molecule has 6 nitrogen and oxygen atoms in total. The topological polar surface area (TPSA) is 63.1 Å². The van der Waals surface area contributed by atoms with E-state index in [1.807, 2.05) is 10.7 Å². The first-order valence-corrected chi connectivity index (χ1v) is 9.26. The van der Waals surface area contributed by atoms with Gasteiger partial charge in [-0.3, -0.25) is 4.79 Å². The molecule has 140 valence electrons. The number of hydrogen-bond donors (Lipinski definition) is 1. The molecule has 1 aromatic carbocycles. The molecular weight excluding hydrogens is 397 g/mol. The molecule has 1 N–H and O–H groups in total. The second-order valence-corrected chi connectivity index (χ2v) is 7.41. The Kier molecular flexibility index (Phi) is 6.07. The minimum absolute atomic E-state index is 0. The van der Waals surface area contributed by atoms with E-state index in [4.69, 9.17) is 23.2 Å². The molecular formula is C17H20Cl3N5O. The van der Waals surface area contributed by atoms with E-state index in [0.717, 1.165) is 43.5 Å². The largest absolute Gasteiger partial charge is 0.332 e. The Morgan fingerprint density at radius 2 is 2.00 bits per heavy atom. The van der Waals surface area contributed by atoms with Gasteiger partial charge in [0.2, 0.25) is 0 Å². The Balaban J connectivity index is 0.00000196. The highest BCUT2D eigenvalue weighted by Gasteiger charge is 2.26. The summed E-state index contributed by atoms with van der Waals surface area (Å²) in [6.45, 7) is 3.04. The summed E-state index contributed by atoms with van der Waals surface area (Å²) in [6.07, 6.45) is 4.52. The number of halogens is 3. The SMILES string of the molecule is Cl.O=C(c1cn(C2CCNCC2)nn1)N1CCc2cc(Cl)cc(Cl)c2C1. The van der Waals surface area contributed by atoms with Crippen molar-refractivity contribution in [3.8, 4) is 0 Å². The fraction of sp³-hybridized carbons (Fsp3) is 0.471. The van der Waals surface area contributed by atoms with Crippen LogP contribution in [0, 0.1) is 0 Å². The molecule has 1 fully saturated rings. The summed E-state index contributed by atoms with van der Waals surface area (Å²) in [5.41, 5.74) is 2.48. The van der Waals surface area contributed by atoms with Gasteiger partial charge in [-0.25, -0.2) is 4.68 Å². The van der Waals surface area contributed by atoms with Crippen molar-refractivity contribution in [1.82, 2.24) is 25.2 Å². The van der Waals surface area contributed by atoms with Gasteiger partial charge in [-0.1, -0.05) is 28.4 Å². The van der Waals surface area contributed by atoms with Crippen molar-refractivity contribution in [3.05, 3.63) is 45.2 Å². The van der Waals surface area contributed by atoms with Crippen molar-refractivity contribution < 1.29 is 4.79 Å². The van der Waals surface area contributed by atoms with Crippen LogP contribution in [0.15, 0.2) is 18.3 Å². The van der Waals surface area contributed by atoms with E-state index in [1.54, 1.807) is 17.2 Å². The number of carbonyl (C=O) groups excluding carboxylic acids is 1. The van der Waals surface area contributed by atoms with E-state index in [-0.39, 0.29) is 18.3 Å². The zero-order valence-corrected chi connectivity index (χ0v) is 16.4. The van der Waals surface area contributed by atoms with E-state index >= 15 is 0 Å². The molecule has 2 aliphatic rings. The third-order valence-electron chi connectivity index (χ3n) is 4.95. The summed E-state index contributed by atoms with van der Waals surface area (Å²) in [4.78, 5) is 14.6. The molecule has 1 aromatic heterocycles. The van der Waals surface area contributed by atoms with Crippen molar-refractivity contribution in [2.24, 2.45) is 0 Å². The summed E-state index contributed by atoms with van der Waals surface area (Å²) in [5, 5.41) is 12.9. The first kappa shape index (κ1) is 19.4. The first-order chi connectivity index (χ1) is 12.1. The zero-order valence-electron chi connectivity index (χ0n) is 14.1. The van der Waals surface area contributed by atoms with E-state index in [9.17, 15) is 4.79 Å². The summed E-state index contributed by atoms with van der Waals surface area (Å²) in [7, 11) is 0. The molecule has 4 rings (SSSR count). The van der Waals surface area contributed by atoms with E-state index < -0.39 is 0 Å². The lowest BCUT2D eigenvalue weighted by atomic mass is 9.99. The third kappa shape index (κ3) is 3.83. The molecule has 9 heteroatoms. The van der Waals surface area contributed by atoms with Crippen LogP contribution in [0.4, 0.5) is 0 Å². The van der Waals surface area contributed by atoms with Gasteiger partial charge in [-0.05, 0) is 55.6 Å². The molecule has 0 aliphatic carbocycles. The fourth-order valence-corrected chi connectivity index (χ4v) is 4.14. The molecule has 2 aliphatic heterocycles. The van der Waals surface area contributed by atoms with Crippen LogP contribution >= 0.6 is 35.6 Å². The average Bonchev–Trinajstić information content (AvgIpc) is 3.11. The lowest BCUT2D eigenvalue weighted by molar-refractivity contribution is 0.0728. The van der Waals surface area contributed by atoms with Gasteiger partial charge in [0, 0.05) is 23.1 Å². The van der Waals surface area contributed by atoms with Gasteiger partial charge in [-0.2, -0.15) is 0 Å². The minimum atomic E-state index is -0.100. The average molecular weight is 417 g/mol. The highest BCUT2D eigenvalue weighted by Crippen LogP contribution is 2.30. The molecule has 26 heavy (non-hydrogen) atoms. The molecule has 1 saturated heterocycles. The van der Waals surface area contributed by atoms with Crippen molar-refractivity contribution in [2.75, 3.05) is 19.6 Å². The standard InChI is InChI=1S/C17H19Cl2N5O.ClH/c18-12-7-11-3-6-23(9-14(11)15(19)8-12)17(25)16-10-24(22-21-16)13-1-4-20-5-2-13;/h7-8,10,13,20H,1-6,9H2;1H. The van der Waals surface area contributed by atoms with Gasteiger partial charge in [-0.15, -0.1) is 17.5 Å². The van der Waals surface area contributed by atoms with Crippen LogP contribution in [-0.4, -0.2) is 45.4 Å². The molecule has 0 atom stereocenters. The summed E-state index contributed by atoms with van der Waals surface area (Å²) in [5.74, 6) is -0.100. The number of piperidine rings is 1. The molecule has 0 unspecified atom stereocenters. The van der Waals surface area contributed by atoms with Crippen LogP contribution in [0.5, 0.6) is 0 Å². The van der Waals surface area contributed by atoms with Gasteiger partial charge >= 0.3 is 0 Å². The highest BCUT2D eigenvalue weighted by atomic mass is 35.5. The Morgan fingerprint density at radius 3 is 2.77 bits per heavy atom. The van der Waals surface area contributed by atoms with Gasteiger partial charge < -0.3 is 10.2 Å². The van der Waals surface area contributed by atoms with Crippen LogP contribution in [0.3, 0.4) is 0 Å². The van der Waals surface area contributed by atoms with E-state index in [1.165, 1.54) is 0 Å². The number of rotatable bonds is 2. The first-order valence-electron chi connectivity index (χ1n) is 8.50. The molecule has 0 spiro atoms. The van der Waals surface area contributed by atoms with E-state index in [2.05, 4.69) is 15.6 Å². The number of fused-ring (bicyclic) bond motifs is 1. The Hall–Kier alpha value is -1.34. The predicted octanol–water partition coefficient (Wildman–Crippen LogP) is 3.13. The number of carbonyl (C=O) groups is 1. The zero-order chi connectivity index (χ0) is 17.4. The van der Waals surface area contributed by atoms with E-state index in [0.29, 0.717) is 34.9 Å². The molecule has 1 amide bonds. The van der Waals surface area contributed by atoms with Crippen LogP contribution < -0.4 is 5.32 Å².